The molecule has 0 heterocycles. The highest BCUT2D eigenvalue weighted by atomic mass is 31.2. The Morgan fingerprint density at radius 3 is 1.43 bits per heavy atom. The normalized spacial score (nSPS) is 12.3. The molecule has 0 atom stereocenters. The number of benzene rings is 3. The zero-order valence-corrected chi connectivity index (χ0v) is 28.9. The van der Waals surface area contributed by atoms with Crippen LogP contribution in [0, 0.1) is 0 Å². The second kappa shape index (κ2) is 18.3. The molecule has 0 unspecified atom stereocenters. The third-order valence-corrected chi connectivity index (χ3v) is 11.0. The Labute approximate surface area is 262 Å². The first kappa shape index (κ1) is 36.5. The summed E-state index contributed by atoms with van der Waals surface area (Å²) < 4.78 is 81.3. The first-order valence-electron chi connectivity index (χ1n) is 14.2. The van der Waals surface area contributed by atoms with Gasteiger partial charge in [0, 0.05) is 0 Å². The van der Waals surface area contributed by atoms with Gasteiger partial charge in [-0.2, -0.15) is 0 Å². The predicted octanol–water partition coefficient (Wildman–Crippen LogP) is 10.00. The van der Waals surface area contributed by atoms with Crippen LogP contribution in [0.2, 0.25) is 0 Å². The van der Waals surface area contributed by atoms with Crippen molar-refractivity contribution in [2.75, 3.05) is 26.4 Å². The first-order valence-corrected chi connectivity index (χ1v) is 19.1. The monoisotopic (exact) mass is 682 g/mol. The van der Waals surface area contributed by atoms with Crippen molar-refractivity contribution in [2.24, 2.45) is 0 Å². The van der Waals surface area contributed by atoms with Gasteiger partial charge in [-0.25, -0.2) is 9.13 Å². The maximum absolute atomic E-state index is 13.7. The molecule has 3 aromatic rings. The summed E-state index contributed by atoms with van der Waals surface area (Å²) in [5.41, 5.74) is 6.27. The van der Waals surface area contributed by atoms with Gasteiger partial charge < -0.3 is 18.1 Å². The molecule has 0 aliphatic heterocycles. The van der Waals surface area contributed by atoms with Gasteiger partial charge in [-0.15, -0.1) is 0 Å². The summed E-state index contributed by atoms with van der Waals surface area (Å²) in [6.45, 7) is 8.29. The molecule has 0 spiro atoms. The van der Waals surface area contributed by atoms with E-state index in [1.54, 1.807) is 27.7 Å². The van der Waals surface area contributed by atoms with Gasteiger partial charge in [0.15, 0.2) is 0 Å². The summed E-state index contributed by atoms with van der Waals surface area (Å²) in [4.78, 5) is 0. The molecule has 10 nitrogen and oxygen atoms in total. The molecule has 0 saturated carbocycles. The summed E-state index contributed by atoms with van der Waals surface area (Å²) >= 11 is 0. The Morgan fingerprint density at radius 2 is 0.955 bits per heavy atom. The molecule has 0 N–H and O–H groups in total. The quantitative estimate of drug-likeness (QED) is 0.106. The fourth-order valence-corrected chi connectivity index (χ4v) is 8.54. The summed E-state index contributed by atoms with van der Waals surface area (Å²) in [7, 11) is -7.65. The zero-order chi connectivity index (χ0) is 32.0. The van der Waals surface area contributed by atoms with Crippen molar-refractivity contribution in [3.8, 4) is 22.3 Å². The van der Waals surface area contributed by atoms with Gasteiger partial charge in [-0.3, -0.25) is 18.2 Å². The predicted molar refractivity (Wildman–Crippen MR) is 171 cm³/mol. The molecule has 238 valence electrons. The second-order valence-corrected chi connectivity index (χ2v) is 14.4. The van der Waals surface area contributed by atoms with Crippen LogP contribution in [0.4, 0.5) is 0 Å². The van der Waals surface area contributed by atoms with Crippen LogP contribution < -0.4 is 0 Å². The van der Waals surface area contributed by atoms with E-state index in [1.807, 2.05) is 60.7 Å². The van der Waals surface area contributed by atoms with E-state index >= 15 is 0 Å². The van der Waals surface area contributed by atoms with Crippen molar-refractivity contribution >= 4 is 32.6 Å². The Kier molecular flexibility index (Phi) is 15.2. The average Bonchev–Trinajstić information content (AvgIpc) is 3.00. The Balaban J connectivity index is 2.14. The molecule has 0 amide bonds. The summed E-state index contributed by atoms with van der Waals surface area (Å²) in [6.07, 6.45) is 0.146. The number of hydrogen-bond acceptors (Lipinski definition) is 10. The molecule has 0 radical (unpaired) electrons. The highest BCUT2D eigenvalue weighted by Crippen LogP contribution is 2.53. The lowest BCUT2D eigenvalue weighted by atomic mass is 9.91. The highest BCUT2D eigenvalue weighted by molar-refractivity contribution is 7.53. The average molecular weight is 683 g/mol. The molecule has 0 aromatic heterocycles. The fourth-order valence-electron chi connectivity index (χ4n) is 4.72. The van der Waals surface area contributed by atoms with Gasteiger partial charge in [-0.05, 0) is 84.3 Å². The Hall–Kier alpha value is -1.92. The van der Waals surface area contributed by atoms with Gasteiger partial charge >= 0.3 is 32.6 Å². The minimum atomic E-state index is -3.50. The molecule has 44 heavy (non-hydrogen) atoms. The fraction of sp³-hybridized carbons (Fsp3) is 0.400. The van der Waals surface area contributed by atoms with Crippen molar-refractivity contribution in [1.82, 2.24) is 0 Å². The lowest BCUT2D eigenvalue weighted by Gasteiger charge is -2.21. The van der Waals surface area contributed by atoms with E-state index < -0.39 is 32.6 Å². The third-order valence-electron chi connectivity index (χ3n) is 6.46. The third kappa shape index (κ3) is 10.6. The van der Waals surface area contributed by atoms with Crippen LogP contribution in [0.25, 0.3) is 22.3 Å². The molecule has 3 aromatic carbocycles. The molecular formula is C30H38O10P4. The van der Waals surface area contributed by atoms with E-state index in [1.165, 1.54) is 0 Å². The van der Waals surface area contributed by atoms with Crippen LogP contribution in [0.15, 0.2) is 60.7 Å². The standard InChI is InChI=1S/C30H38O10P4/c1-5-37-43(33,38-6-2)21-24-11-15-25(16-12-24)29-18-28(22-44(34,39-7-3)40-8-4)30(17-27(29)20-36-42-32)26-13-9-23(10-14-26)19-35-41-31/h9-18H,5-8,19-22H2,1-4H3. The van der Waals surface area contributed by atoms with E-state index in [2.05, 4.69) is 0 Å². The van der Waals surface area contributed by atoms with Crippen molar-refractivity contribution in [3.05, 3.63) is 82.9 Å². The number of rotatable bonds is 20. The molecule has 0 aliphatic carbocycles. The van der Waals surface area contributed by atoms with Gasteiger partial charge in [0.2, 0.25) is 0 Å². The van der Waals surface area contributed by atoms with Gasteiger partial charge in [0.25, 0.3) is 0 Å². The van der Waals surface area contributed by atoms with Crippen molar-refractivity contribution in [3.63, 3.8) is 0 Å². The highest BCUT2D eigenvalue weighted by Gasteiger charge is 2.28. The lowest BCUT2D eigenvalue weighted by molar-refractivity contribution is 0.218. The van der Waals surface area contributed by atoms with Crippen molar-refractivity contribution in [1.29, 1.82) is 0 Å². The molecule has 14 heteroatoms. The maximum Gasteiger partial charge on any atom is 0.335 e. The lowest BCUT2D eigenvalue weighted by Crippen LogP contribution is -2.03. The van der Waals surface area contributed by atoms with Gasteiger partial charge in [0.05, 0.1) is 52.0 Å². The van der Waals surface area contributed by atoms with E-state index in [0.717, 1.165) is 44.5 Å². The molecule has 0 aliphatic rings. The van der Waals surface area contributed by atoms with Crippen molar-refractivity contribution < 1.29 is 45.4 Å². The van der Waals surface area contributed by atoms with E-state index in [0.29, 0.717) is 0 Å². The van der Waals surface area contributed by atoms with E-state index in [9.17, 15) is 18.3 Å². The molecule has 0 bridgehead atoms. The summed E-state index contributed by atoms with van der Waals surface area (Å²) in [5.74, 6) is 0. The number of hydrogen-bond donors (Lipinski definition) is 0. The second-order valence-electron chi connectivity index (χ2n) is 9.47. The van der Waals surface area contributed by atoms with Crippen LogP contribution in [-0.4, -0.2) is 26.4 Å². The summed E-state index contributed by atoms with van der Waals surface area (Å²) in [5, 5.41) is 0. The van der Waals surface area contributed by atoms with Gasteiger partial charge in [0.1, 0.15) is 0 Å². The SMILES string of the molecule is CCOP(=O)(Cc1ccc(-c2cc(CP(=O)(OCC)OCC)c(-c3ccc(COP=O)cc3)cc2COP=O)cc1)OCC. The molecule has 0 fully saturated rings. The van der Waals surface area contributed by atoms with Crippen LogP contribution in [-0.2, 0) is 70.9 Å². The van der Waals surface area contributed by atoms with Gasteiger partial charge in [-0.1, -0.05) is 48.5 Å². The van der Waals surface area contributed by atoms with E-state index in [-0.39, 0.29) is 52.0 Å². The summed E-state index contributed by atoms with van der Waals surface area (Å²) in [6, 6.07) is 18.9. The zero-order valence-electron chi connectivity index (χ0n) is 25.3. The van der Waals surface area contributed by atoms with E-state index in [4.69, 9.17) is 27.1 Å². The molecule has 0 saturated heterocycles. The maximum atomic E-state index is 13.7. The minimum Gasteiger partial charge on any atom is -0.309 e. The molecule has 3 rings (SSSR count). The molecular weight excluding hydrogens is 644 g/mol. The Morgan fingerprint density at radius 1 is 0.545 bits per heavy atom. The van der Waals surface area contributed by atoms with Crippen LogP contribution in [0.1, 0.15) is 49.9 Å². The van der Waals surface area contributed by atoms with Crippen LogP contribution in [0.5, 0.6) is 0 Å². The first-order chi connectivity index (χ1) is 21.2. The van der Waals surface area contributed by atoms with Crippen LogP contribution >= 0.6 is 32.6 Å². The topological polar surface area (TPSA) is 124 Å². The largest absolute Gasteiger partial charge is 0.335 e. The smallest absolute Gasteiger partial charge is 0.309 e. The van der Waals surface area contributed by atoms with Crippen LogP contribution in [0.3, 0.4) is 0 Å². The Bertz CT molecular complexity index is 1440. The minimum absolute atomic E-state index is 0.0157. The van der Waals surface area contributed by atoms with Crippen molar-refractivity contribution in [2.45, 2.75) is 53.2 Å².